The zero-order chi connectivity index (χ0) is 13.3. The van der Waals surface area contributed by atoms with E-state index in [4.69, 9.17) is 21.8 Å². The fraction of sp³-hybridized carbons (Fsp3) is 0. The number of hydrogen-bond acceptors (Lipinski definition) is 3. The zero-order valence-corrected chi connectivity index (χ0v) is 9.63. The van der Waals surface area contributed by atoms with Gasteiger partial charge in [0.05, 0.1) is 5.69 Å². The number of carboxylic acid groups (broad SMARTS) is 2. The number of halogens is 1. The number of hydrogen-bond donors (Lipinski definition) is 2. The van der Waals surface area contributed by atoms with Gasteiger partial charge in [0.1, 0.15) is 5.56 Å². The molecule has 0 aliphatic carbocycles. The van der Waals surface area contributed by atoms with Gasteiger partial charge in [-0.25, -0.2) is 14.3 Å². The number of carboxylic acids is 2. The Bertz CT molecular complexity index is 587. The maximum atomic E-state index is 10.9. The second-order valence-electron chi connectivity index (χ2n) is 3.42. The molecule has 18 heavy (non-hydrogen) atoms. The first-order valence-electron chi connectivity index (χ1n) is 4.81. The van der Waals surface area contributed by atoms with E-state index in [2.05, 4.69) is 5.10 Å². The minimum absolute atomic E-state index is 0.363. The van der Waals surface area contributed by atoms with Crippen LogP contribution in [0.25, 0.3) is 5.69 Å². The summed E-state index contributed by atoms with van der Waals surface area (Å²) in [6.45, 7) is 0. The fourth-order valence-corrected chi connectivity index (χ4v) is 1.54. The molecular weight excluding hydrogens is 260 g/mol. The Morgan fingerprint density at radius 1 is 1.11 bits per heavy atom. The largest absolute Gasteiger partial charge is 0.478 e. The van der Waals surface area contributed by atoms with Crippen molar-refractivity contribution in [2.75, 3.05) is 0 Å². The molecule has 2 aromatic rings. The van der Waals surface area contributed by atoms with E-state index in [0.29, 0.717) is 10.7 Å². The Hall–Kier alpha value is -2.34. The van der Waals surface area contributed by atoms with Crippen molar-refractivity contribution in [2.45, 2.75) is 0 Å². The predicted octanol–water partition coefficient (Wildman–Crippen LogP) is 1.92. The Labute approximate surface area is 106 Å². The van der Waals surface area contributed by atoms with Crippen LogP contribution in [0.4, 0.5) is 0 Å². The predicted molar refractivity (Wildman–Crippen MR) is 62.5 cm³/mol. The van der Waals surface area contributed by atoms with Crippen LogP contribution >= 0.6 is 11.6 Å². The first kappa shape index (κ1) is 12.1. The molecule has 0 fully saturated rings. The van der Waals surface area contributed by atoms with Crippen molar-refractivity contribution in [3.63, 3.8) is 0 Å². The Kier molecular flexibility index (Phi) is 3.03. The zero-order valence-electron chi connectivity index (χ0n) is 8.87. The van der Waals surface area contributed by atoms with E-state index in [0.717, 1.165) is 6.20 Å². The summed E-state index contributed by atoms with van der Waals surface area (Å²) in [7, 11) is 0. The standard InChI is InChI=1S/C11H7ClN2O4/c12-6-1-3-7(4-2-6)14-5-8(10(15)16)9(13-14)11(17)18/h1-5H,(H,15,16)(H,17,18). The quantitative estimate of drug-likeness (QED) is 0.885. The van der Waals surface area contributed by atoms with Gasteiger partial charge in [0.2, 0.25) is 0 Å². The number of nitrogens with zero attached hydrogens (tertiary/aromatic N) is 2. The first-order valence-corrected chi connectivity index (χ1v) is 5.19. The molecule has 92 valence electrons. The maximum absolute atomic E-state index is 10.9. The molecule has 2 N–H and O–H groups in total. The van der Waals surface area contributed by atoms with Crippen molar-refractivity contribution in [3.8, 4) is 5.69 Å². The number of aromatic nitrogens is 2. The molecule has 1 aromatic heterocycles. The van der Waals surface area contributed by atoms with Gasteiger partial charge in [0, 0.05) is 11.2 Å². The average molecular weight is 267 g/mol. The second-order valence-corrected chi connectivity index (χ2v) is 3.86. The van der Waals surface area contributed by atoms with E-state index >= 15 is 0 Å². The summed E-state index contributed by atoms with van der Waals surface area (Å²) < 4.78 is 1.18. The van der Waals surface area contributed by atoms with Crippen molar-refractivity contribution >= 4 is 23.5 Å². The minimum atomic E-state index is -1.39. The Morgan fingerprint density at radius 3 is 2.17 bits per heavy atom. The van der Waals surface area contributed by atoms with Crippen LogP contribution < -0.4 is 0 Å². The lowest BCUT2D eigenvalue weighted by atomic mass is 10.2. The van der Waals surface area contributed by atoms with Crippen LogP contribution in [-0.4, -0.2) is 31.9 Å². The molecule has 0 saturated heterocycles. The monoisotopic (exact) mass is 266 g/mol. The van der Waals surface area contributed by atoms with Crippen LogP contribution in [-0.2, 0) is 0 Å². The van der Waals surface area contributed by atoms with Crippen molar-refractivity contribution in [1.29, 1.82) is 0 Å². The Morgan fingerprint density at radius 2 is 1.72 bits per heavy atom. The molecule has 0 amide bonds. The summed E-state index contributed by atoms with van der Waals surface area (Å²) in [5, 5.41) is 22.0. The fourth-order valence-electron chi connectivity index (χ4n) is 1.41. The van der Waals surface area contributed by atoms with Gasteiger partial charge in [-0.3, -0.25) is 0 Å². The van der Waals surface area contributed by atoms with Crippen molar-refractivity contribution < 1.29 is 19.8 Å². The normalized spacial score (nSPS) is 10.3. The highest BCUT2D eigenvalue weighted by atomic mass is 35.5. The van der Waals surface area contributed by atoms with E-state index in [9.17, 15) is 9.59 Å². The van der Waals surface area contributed by atoms with Crippen LogP contribution in [0.1, 0.15) is 20.8 Å². The van der Waals surface area contributed by atoms with Crippen LogP contribution in [0.5, 0.6) is 0 Å². The lowest BCUT2D eigenvalue weighted by Crippen LogP contribution is -2.06. The van der Waals surface area contributed by atoms with Gasteiger partial charge in [-0.2, -0.15) is 5.10 Å². The van der Waals surface area contributed by atoms with Gasteiger partial charge in [-0.05, 0) is 24.3 Å². The molecule has 0 aliphatic rings. The molecule has 6 nitrogen and oxygen atoms in total. The summed E-state index contributed by atoms with van der Waals surface area (Å²) in [6.07, 6.45) is 1.15. The third-order valence-corrected chi connectivity index (χ3v) is 2.49. The minimum Gasteiger partial charge on any atom is -0.478 e. The summed E-state index contributed by atoms with van der Waals surface area (Å²) >= 11 is 5.72. The summed E-state index contributed by atoms with van der Waals surface area (Å²) in [6, 6.07) is 6.40. The molecule has 0 spiro atoms. The van der Waals surface area contributed by atoms with E-state index in [-0.39, 0.29) is 5.56 Å². The second kappa shape index (κ2) is 4.50. The average Bonchev–Trinajstić information content (AvgIpc) is 2.75. The molecule has 0 unspecified atom stereocenters. The van der Waals surface area contributed by atoms with Crippen molar-refractivity contribution in [3.05, 3.63) is 46.7 Å². The number of benzene rings is 1. The molecule has 1 heterocycles. The Balaban J connectivity index is 2.53. The van der Waals surface area contributed by atoms with Gasteiger partial charge >= 0.3 is 11.9 Å². The molecule has 0 radical (unpaired) electrons. The van der Waals surface area contributed by atoms with Crippen LogP contribution in [0, 0.1) is 0 Å². The lowest BCUT2D eigenvalue weighted by molar-refractivity contribution is 0.0648. The molecule has 0 atom stereocenters. The number of aromatic carboxylic acids is 2. The van der Waals surface area contributed by atoms with E-state index in [1.165, 1.54) is 4.68 Å². The molecule has 2 rings (SSSR count). The topological polar surface area (TPSA) is 92.4 Å². The SMILES string of the molecule is O=C(O)c1cn(-c2ccc(Cl)cc2)nc1C(=O)O. The number of carbonyl (C=O) groups is 2. The smallest absolute Gasteiger partial charge is 0.357 e. The summed E-state index contributed by atoms with van der Waals surface area (Å²) in [5.41, 5.74) is -0.343. The lowest BCUT2D eigenvalue weighted by Gasteiger charge is -1.99. The first-order chi connectivity index (χ1) is 8.49. The molecule has 1 aromatic carbocycles. The summed E-state index contributed by atoms with van der Waals surface area (Å²) in [5.74, 6) is -2.73. The third kappa shape index (κ3) is 2.18. The summed E-state index contributed by atoms with van der Waals surface area (Å²) in [4.78, 5) is 21.8. The van der Waals surface area contributed by atoms with Crippen LogP contribution in [0.3, 0.4) is 0 Å². The molecule has 7 heteroatoms. The van der Waals surface area contributed by atoms with E-state index in [1.807, 2.05) is 0 Å². The highest BCUT2D eigenvalue weighted by Gasteiger charge is 2.21. The van der Waals surface area contributed by atoms with E-state index < -0.39 is 17.6 Å². The van der Waals surface area contributed by atoms with Crippen molar-refractivity contribution in [1.82, 2.24) is 9.78 Å². The molecule has 0 bridgehead atoms. The van der Waals surface area contributed by atoms with Crippen LogP contribution in [0.15, 0.2) is 30.5 Å². The van der Waals surface area contributed by atoms with Gasteiger partial charge in [-0.1, -0.05) is 11.6 Å². The highest BCUT2D eigenvalue weighted by Crippen LogP contribution is 2.15. The third-order valence-electron chi connectivity index (χ3n) is 2.24. The highest BCUT2D eigenvalue weighted by molar-refractivity contribution is 6.30. The number of rotatable bonds is 3. The van der Waals surface area contributed by atoms with Gasteiger partial charge < -0.3 is 10.2 Å². The molecule has 0 saturated carbocycles. The van der Waals surface area contributed by atoms with Crippen LogP contribution in [0.2, 0.25) is 5.02 Å². The van der Waals surface area contributed by atoms with Crippen molar-refractivity contribution in [2.24, 2.45) is 0 Å². The maximum Gasteiger partial charge on any atom is 0.357 e. The van der Waals surface area contributed by atoms with Gasteiger partial charge in [0.15, 0.2) is 5.69 Å². The van der Waals surface area contributed by atoms with E-state index in [1.54, 1.807) is 24.3 Å². The molecule has 0 aliphatic heterocycles. The van der Waals surface area contributed by atoms with Gasteiger partial charge in [0.25, 0.3) is 0 Å². The van der Waals surface area contributed by atoms with Gasteiger partial charge in [-0.15, -0.1) is 0 Å². The molecular formula is C11H7ClN2O4.